The molecular weight excluding hydrogens is 368 g/mol. The Morgan fingerprint density at radius 1 is 1.03 bits per heavy atom. The molecule has 1 saturated heterocycles. The van der Waals surface area contributed by atoms with Crippen molar-refractivity contribution in [3.8, 4) is 0 Å². The first kappa shape index (κ1) is 20.6. The second-order valence-corrected chi connectivity index (χ2v) is 7.67. The molecule has 1 aliphatic rings. The molecule has 1 N–H and O–H groups in total. The van der Waals surface area contributed by atoms with Crippen LogP contribution in [-0.4, -0.2) is 30.9 Å². The number of benzene rings is 2. The summed E-state index contributed by atoms with van der Waals surface area (Å²) >= 11 is 0. The Labute approximate surface area is 170 Å². The predicted molar refractivity (Wildman–Crippen MR) is 112 cm³/mol. The van der Waals surface area contributed by atoms with Crippen LogP contribution in [0.1, 0.15) is 28.7 Å². The Morgan fingerprint density at radius 3 is 2.41 bits per heavy atom. The van der Waals surface area contributed by atoms with Gasteiger partial charge in [-0.1, -0.05) is 24.3 Å². The topological polar surface area (TPSA) is 75.7 Å². The number of nitrogens with zero attached hydrogens (tertiary/aromatic N) is 1. The highest BCUT2D eigenvalue weighted by atomic mass is 16.5. The lowest BCUT2D eigenvalue weighted by atomic mass is 10.1. The molecule has 1 heterocycles. The molecule has 0 saturated carbocycles. The van der Waals surface area contributed by atoms with E-state index in [1.54, 1.807) is 4.90 Å². The van der Waals surface area contributed by atoms with Gasteiger partial charge in [0.25, 0.3) is 5.91 Å². The van der Waals surface area contributed by atoms with Crippen LogP contribution in [0.15, 0.2) is 36.4 Å². The summed E-state index contributed by atoms with van der Waals surface area (Å²) in [5.74, 6) is -1.61. The molecule has 0 bridgehead atoms. The number of anilines is 2. The molecule has 0 aromatic heterocycles. The van der Waals surface area contributed by atoms with Crippen LogP contribution in [0, 0.1) is 33.6 Å². The monoisotopic (exact) mass is 394 g/mol. The summed E-state index contributed by atoms with van der Waals surface area (Å²) < 4.78 is 5.19. The summed E-state index contributed by atoms with van der Waals surface area (Å²) in [6, 6.07) is 11.6. The Balaban J connectivity index is 1.57. The summed E-state index contributed by atoms with van der Waals surface area (Å²) in [6.45, 7) is 7.62. The molecule has 2 aromatic carbocycles. The van der Waals surface area contributed by atoms with Crippen molar-refractivity contribution >= 4 is 29.2 Å². The highest BCUT2D eigenvalue weighted by Crippen LogP contribution is 2.29. The number of amides is 2. The highest BCUT2D eigenvalue weighted by molar-refractivity contribution is 6.00. The molecule has 1 aliphatic heterocycles. The number of carbonyl (C=O) groups excluding carboxylic acids is 3. The van der Waals surface area contributed by atoms with Crippen molar-refractivity contribution in [2.24, 2.45) is 5.92 Å². The third kappa shape index (κ3) is 4.83. The fourth-order valence-electron chi connectivity index (χ4n) is 3.42. The number of ether oxygens (including phenoxy) is 1. The summed E-state index contributed by atoms with van der Waals surface area (Å²) in [5, 5.41) is 2.76. The summed E-state index contributed by atoms with van der Waals surface area (Å²) in [4.78, 5) is 38.6. The fourth-order valence-corrected chi connectivity index (χ4v) is 3.42. The van der Waals surface area contributed by atoms with Gasteiger partial charge in [-0.25, -0.2) is 0 Å². The number of hydrogen-bond donors (Lipinski definition) is 1. The third-order valence-corrected chi connectivity index (χ3v) is 5.13. The van der Waals surface area contributed by atoms with Crippen molar-refractivity contribution in [3.05, 3.63) is 58.7 Å². The zero-order chi connectivity index (χ0) is 21.1. The van der Waals surface area contributed by atoms with Crippen molar-refractivity contribution in [1.29, 1.82) is 0 Å². The SMILES string of the molecule is Cc1ccc(C)c(NC(=O)COC(=O)[C@@H]2CC(=O)N(c3cc(C)ccc3C)C2)c1. The quantitative estimate of drug-likeness (QED) is 0.788. The minimum Gasteiger partial charge on any atom is -0.455 e. The predicted octanol–water partition coefficient (Wildman–Crippen LogP) is 3.46. The zero-order valence-corrected chi connectivity index (χ0v) is 17.2. The van der Waals surface area contributed by atoms with Crippen LogP contribution in [-0.2, 0) is 19.1 Å². The van der Waals surface area contributed by atoms with Gasteiger partial charge in [-0.2, -0.15) is 0 Å². The minimum atomic E-state index is -0.573. The van der Waals surface area contributed by atoms with Crippen molar-refractivity contribution in [1.82, 2.24) is 0 Å². The molecule has 0 radical (unpaired) electrons. The second kappa shape index (κ2) is 8.47. The standard InChI is InChI=1S/C23H26N2O4/c1-14-5-7-16(3)19(9-14)24-21(26)13-29-23(28)18-11-22(27)25(12-18)20-10-15(2)6-8-17(20)4/h5-10,18H,11-13H2,1-4H3,(H,24,26)/t18-/m1/s1. The van der Waals surface area contributed by atoms with Crippen LogP contribution < -0.4 is 10.2 Å². The molecule has 1 fully saturated rings. The average Bonchev–Trinajstić information content (AvgIpc) is 3.06. The van der Waals surface area contributed by atoms with Gasteiger partial charge >= 0.3 is 5.97 Å². The number of hydrogen-bond acceptors (Lipinski definition) is 4. The maximum absolute atomic E-state index is 12.4. The molecule has 0 spiro atoms. The van der Waals surface area contributed by atoms with Gasteiger partial charge in [0.05, 0.1) is 5.92 Å². The van der Waals surface area contributed by atoms with Gasteiger partial charge in [-0.15, -0.1) is 0 Å². The van der Waals surface area contributed by atoms with Crippen molar-refractivity contribution in [3.63, 3.8) is 0 Å². The maximum atomic E-state index is 12.4. The first-order valence-corrected chi connectivity index (χ1v) is 9.66. The molecule has 152 valence electrons. The molecule has 29 heavy (non-hydrogen) atoms. The number of aryl methyl sites for hydroxylation is 4. The van der Waals surface area contributed by atoms with Gasteiger partial charge in [-0.3, -0.25) is 14.4 Å². The van der Waals surface area contributed by atoms with Gasteiger partial charge in [0.2, 0.25) is 5.91 Å². The van der Waals surface area contributed by atoms with E-state index in [2.05, 4.69) is 5.32 Å². The Hall–Kier alpha value is -3.15. The van der Waals surface area contributed by atoms with Crippen LogP contribution in [0.2, 0.25) is 0 Å². The van der Waals surface area contributed by atoms with E-state index in [1.807, 2.05) is 64.1 Å². The first-order valence-electron chi connectivity index (χ1n) is 9.66. The van der Waals surface area contributed by atoms with Crippen LogP contribution >= 0.6 is 0 Å². The Bertz CT molecular complexity index is 967. The van der Waals surface area contributed by atoms with Crippen molar-refractivity contribution in [2.45, 2.75) is 34.1 Å². The van der Waals surface area contributed by atoms with E-state index < -0.39 is 17.8 Å². The van der Waals surface area contributed by atoms with E-state index in [0.29, 0.717) is 5.69 Å². The van der Waals surface area contributed by atoms with E-state index in [4.69, 9.17) is 4.74 Å². The normalized spacial score (nSPS) is 16.1. The van der Waals surface area contributed by atoms with E-state index in [9.17, 15) is 14.4 Å². The van der Waals surface area contributed by atoms with Gasteiger partial charge in [0.15, 0.2) is 6.61 Å². The molecule has 0 unspecified atom stereocenters. The number of nitrogens with one attached hydrogen (secondary N) is 1. The van der Waals surface area contributed by atoms with Crippen LogP contribution in [0.5, 0.6) is 0 Å². The lowest BCUT2D eigenvalue weighted by molar-refractivity contribution is -0.151. The Morgan fingerprint density at radius 2 is 1.69 bits per heavy atom. The molecule has 6 heteroatoms. The summed E-state index contributed by atoms with van der Waals surface area (Å²) in [7, 11) is 0. The zero-order valence-electron chi connectivity index (χ0n) is 17.2. The van der Waals surface area contributed by atoms with E-state index >= 15 is 0 Å². The number of esters is 1. The largest absolute Gasteiger partial charge is 0.455 e. The third-order valence-electron chi connectivity index (χ3n) is 5.13. The minimum absolute atomic E-state index is 0.0881. The second-order valence-electron chi connectivity index (χ2n) is 7.67. The molecule has 3 rings (SSSR count). The summed E-state index contributed by atoms with van der Waals surface area (Å²) in [6.07, 6.45) is 0.0881. The molecule has 6 nitrogen and oxygen atoms in total. The van der Waals surface area contributed by atoms with E-state index in [0.717, 1.165) is 27.9 Å². The van der Waals surface area contributed by atoms with Crippen LogP contribution in [0.3, 0.4) is 0 Å². The van der Waals surface area contributed by atoms with Gasteiger partial charge in [0.1, 0.15) is 0 Å². The average molecular weight is 394 g/mol. The van der Waals surface area contributed by atoms with Crippen molar-refractivity contribution < 1.29 is 19.1 Å². The molecular formula is C23H26N2O4. The van der Waals surface area contributed by atoms with Crippen LogP contribution in [0.25, 0.3) is 0 Å². The fraction of sp³-hybridized carbons (Fsp3) is 0.348. The first-order chi connectivity index (χ1) is 13.7. The lowest BCUT2D eigenvalue weighted by Gasteiger charge is -2.19. The van der Waals surface area contributed by atoms with Gasteiger partial charge in [-0.05, 0) is 62.1 Å². The smallest absolute Gasteiger partial charge is 0.311 e. The number of carbonyl (C=O) groups is 3. The number of rotatable bonds is 5. The maximum Gasteiger partial charge on any atom is 0.311 e. The van der Waals surface area contributed by atoms with Crippen LogP contribution in [0.4, 0.5) is 11.4 Å². The molecule has 2 amide bonds. The lowest BCUT2D eigenvalue weighted by Crippen LogP contribution is -2.28. The van der Waals surface area contributed by atoms with E-state index in [-0.39, 0.29) is 25.5 Å². The summed E-state index contributed by atoms with van der Waals surface area (Å²) in [5.41, 5.74) is 5.50. The Kier molecular flexibility index (Phi) is 6.01. The highest BCUT2D eigenvalue weighted by Gasteiger charge is 2.36. The molecule has 0 aliphatic carbocycles. The molecule has 2 aromatic rings. The van der Waals surface area contributed by atoms with Gasteiger partial charge in [0, 0.05) is 24.3 Å². The molecule has 1 atom stereocenters. The van der Waals surface area contributed by atoms with E-state index in [1.165, 1.54) is 0 Å². The van der Waals surface area contributed by atoms with Gasteiger partial charge < -0.3 is 15.0 Å². The van der Waals surface area contributed by atoms with Crippen molar-refractivity contribution in [2.75, 3.05) is 23.4 Å².